The smallest absolute Gasteiger partial charge is 0.255 e. The summed E-state index contributed by atoms with van der Waals surface area (Å²) < 4.78 is 5.38. The molecule has 1 saturated heterocycles. The van der Waals surface area contributed by atoms with Gasteiger partial charge in [-0.15, -0.1) is 11.3 Å². The van der Waals surface area contributed by atoms with Gasteiger partial charge >= 0.3 is 0 Å². The van der Waals surface area contributed by atoms with E-state index in [1.54, 1.807) is 11.3 Å². The third-order valence-electron chi connectivity index (χ3n) is 3.71. The topological polar surface area (TPSA) is 54.5 Å². The van der Waals surface area contributed by atoms with Crippen LogP contribution in [0, 0.1) is 0 Å². The fourth-order valence-corrected chi connectivity index (χ4v) is 3.60. The van der Waals surface area contributed by atoms with Gasteiger partial charge in [0, 0.05) is 31.0 Å². The van der Waals surface area contributed by atoms with Gasteiger partial charge in [0.25, 0.3) is 5.91 Å². The van der Waals surface area contributed by atoms with Gasteiger partial charge < -0.3 is 4.74 Å². The Morgan fingerprint density at radius 3 is 3.26 bits per heavy atom. The summed E-state index contributed by atoms with van der Waals surface area (Å²) in [5, 5.41) is 3.62. The zero-order valence-corrected chi connectivity index (χ0v) is 12.0. The van der Waals surface area contributed by atoms with Crippen LogP contribution in [0.15, 0.2) is 0 Å². The Hall–Kier alpha value is -0.980. The van der Waals surface area contributed by atoms with Crippen molar-refractivity contribution in [3.63, 3.8) is 0 Å². The lowest BCUT2D eigenvalue weighted by atomic mass is 10.2. The van der Waals surface area contributed by atoms with Crippen molar-refractivity contribution in [1.82, 2.24) is 9.88 Å². The molecule has 1 atom stereocenters. The van der Waals surface area contributed by atoms with Crippen molar-refractivity contribution in [2.24, 2.45) is 0 Å². The van der Waals surface area contributed by atoms with E-state index in [4.69, 9.17) is 4.74 Å². The first kappa shape index (κ1) is 13.0. The van der Waals surface area contributed by atoms with E-state index in [0.29, 0.717) is 6.61 Å². The summed E-state index contributed by atoms with van der Waals surface area (Å²) in [6.07, 6.45) is 2.49. The average molecular weight is 281 g/mol. The molecule has 5 nitrogen and oxygen atoms in total. The molecular weight excluding hydrogens is 262 g/mol. The molecule has 0 saturated carbocycles. The van der Waals surface area contributed by atoms with Crippen molar-refractivity contribution in [2.45, 2.75) is 38.8 Å². The van der Waals surface area contributed by atoms with Gasteiger partial charge in [-0.3, -0.25) is 15.0 Å². The van der Waals surface area contributed by atoms with Crippen molar-refractivity contribution in [3.05, 3.63) is 10.6 Å². The van der Waals surface area contributed by atoms with Gasteiger partial charge in [-0.05, 0) is 19.4 Å². The van der Waals surface area contributed by atoms with E-state index < -0.39 is 0 Å². The molecule has 1 N–H and O–H groups in total. The van der Waals surface area contributed by atoms with Gasteiger partial charge in [-0.25, -0.2) is 4.98 Å². The molecule has 19 heavy (non-hydrogen) atoms. The molecule has 0 bridgehead atoms. The SMILES string of the molecule is CCN1CCc2nc(NC(=O)C3CCCO3)sc2C1. The van der Waals surface area contributed by atoms with Crippen LogP contribution in [0.25, 0.3) is 0 Å². The maximum absolute atomic E-state index is 12.0. The minimum Gasteiger partial charge on any atom is -0.368 e. The molecule has 3 heterocycles. The number of ether oxygens (including phenoxy) is 1. The van der Waals surface area contributed by atoms with Crippen LogP contribution < -0.4 is 5.32 Å². The number of likely N-dealkylation sites (N-methyl/N-ethyl adjacent to an activating group) is 1. The van der Waals surface area contributed by atoms with E-state index in [0.717, 1.165) is 49.7 Å². The van der Waals surface area contributed by atoms with E-state index in [2.05, 4.69) is 22.1 Å². The number of aromatic nitrogens is 1. The summed E-state index contributed by atoms with van der Waals surface area (Å²) in [7, 11) is 0. The van der Waals surface area contributed by atoms with Gasteiger partial charge in [0.2, 0.25) is 0 Å². The highest BCUT2D eigenvalue weighted by Crippen LogP contribution is 2.28. The van der Waals surface area contributed by atoms with E-state index in [-0.39, 0.29) is 12.0 Å². The maximum Gasteiger partial charge on any atom is 0.255 e. The van der Waals surface area contributed by atoms with E-state index >= 15 is 0 Å². The van der Waals surface area contributed by atoms with Crippen molar-refractivity contribution in [1.29, 1.82) is 0 Å². The lowest BCUT2D eigenvalue weighted by molar-refractivity contribution is -0.124. The number of fused-ring (bicyclic) bond motifs is 1. The second-order valence-electron chi connectivity index (χ2n) is 5.00. The minimum absolute atomic E-state index is 0.0454. The van der Waals surface area contributed by atoms with Crippen molar-refractivity contribution in [2.75, 3.05) is 25.0 Å². The van der Waals surface area contributed by atoms with Crippen LogP contribution in [0.5, 0.6) is 0 Å². The molecule has 104 valence electrons. The molecule has 6 heteroatoms. The third kappa shape index (κ3) is 2.80. The van der Waals surface area contributed by atoms with Crippen molar-refractivity contribution in [3.8, 4) is 0 Å². The first-order chi connectivity index (χ1) is 9.26. The van der Waals surface area contributed by atoms with Crippen LogP contribution in [0.1, 0.15) is 30.3 Å². The number of hydrogen-bond donors (Lipinski definition) is 1. The van der Waals surface area contributed by atoms with Crippen LogP contribution in [0.3, 0.4) is 0 Å². The standard InChI is InChI=1S/C13H19N3O2S/c1-2-16-6-5-9-11(8-16)19-13(14-9)15-12(17)10-4-3-7-18-10/h10H,2-8H2,1H3,(H,14,15,17). The van der Waals surface area contributed by atoms with Gasteiger partial charge in [0.15, 0.2) is 5.13 Å². The highest BCUT2D eigenvalue weighted by Gasteiger charge is 2.25. The minimum atomic E-state index is -0.284. The molecule has 0 spiro atoms. The van der Waals surface area contributed by atoms with Gasteiger partial charge in [-0.2, -0.15) is 0 Å². The third-order valence-corrected chi connectivity index (χ3v) is 4.71. The van der Waals surface area contributed by atoms with Crippen LogP contribution in [0.2, 0.25) is 0 Å². The molecule has 1 aromatic heterocycles. The first-order valence-corrected chi connectivity index (χ1v) is 7.71. The molecule has 1 amide bonds. The molecule has 1 unspecified atom stereocenters. The predicted octanol–water partition coefficient (Wildman–Crippen LogP) is 1.64. The lowest BCUT2D eigenvalue weighted by Crippen LogP contribution is -2.29. The number of hydrogen-bond acceptors (Lipinski definition) is 5. The van der Waals surface area contributed by atoms with Gasteiger partial charge in [0.05, 0.1) is 5.69 Å². The highest BCUT2D eigenvalue weighted by atomic mass is 32.1. The van der Waals surface area contributed by atoms with Crippen LogP contribution in [-0.4, -0.2) is 41.6 Å². The number of amides is 1. The molecule has 0 aromatic carbocycles. The summed E-state index contributed by atoms with van der Waals surface area (Å²) in [5.41, 5.74) is 1.15. The predicted molar refractivity (Wildman–Crippen MR) is 74.4 cm³/mol. The number of thiazole rings is 1. The van der Waals surface area contributed by atoms with Crippen LogP contribution in [-0.2, 0) is 22.5 Å². The van der Waals surface area contributed by atoms with E-state index in [9.17, 15) is 4.79 Å². The van der Waals surface area contributed by atoms with Gasteiger partial charge in [-0.1, -0.05) is 6.92 Å². The number of carbonyl (C=O) groups is 1. The Bertz CT molecular complexity index is 468. The second-order valence-corrected chi connectivity index (χ2v) is 6.08. The fraction of sp³-hybridized carbons (Fsp3) is 0.692. The Labute approximate surface area is 117 Å². The summed E-state index contributed by atoms with van der Waals surface area (Å²) in [6.45, 7) is 5.95. The molecule has 2 aliphatic heterocycles. The number of nitrogens with one attached hydrogen (secondary N) is 1. The Balaban J connectivity index is 1.66. The number of carbonyl (C=O) groups excluding carboxylic acids is 1. The number of rotatable bonds is 3. The van der Waals surface area contributed by atoms with Crippen LogP contribution in [0.4, 0.5) is 5.13 Å². The van der Waals surface area contributed by atoms with E-state index in [1.165, 1.54) is 4.88 Å². The highest BCUT2D eigenvalue weighted by molar-refractivity contribution is 7.15. The summed E-state index contributed by atoms with van der Waals surface area (Å²) in [6, 6.07) is 0. The summed E-state index contributed by atoms with van der Waals surface area (Å²) in [4.78, 5) is 20.2. The molecule has 1 fully saturated rings. The number of anilines is 1. The normalized spacial score (nSPS) is 23.3. The van der Waals surface area contributed by atoms with Gasteiger partial charge in [0.1, 0.15) is 6.10 Å². The zero-order chi connectivity index (χ0) is 13.2. The Morgan fingerprint density at radius 1 is 1.63 bits per heavy atom. The molecule has 0 radical (unpaired) electrons. The van der Waals surface area contributed by atoms with Crippen molar-refractivity contribution >= 4 is 22.4 Å². The molecule has 3 rings (SSSR count). The Kier molecular flexibility index (Phi) is 3.81. The summed E-state index contributed by atoms with van der Waals surface area (Å²) >= 11 is 1.60. The number of nitrogens with zero attached hydrogens (tertiary/aromatic N) is 2. The lowest BCUT2D eigenvalue weighted by Gasteiger charge is -2.23. The van der Waals surface area contributed by atoms with E-state index in [1.807, 2.05) is 0 Å². The zero-order valence-electron chi connectivity index (χ0n) is 11.1. The molecule has 2 aliphatic rings. The molecule has 1 aromatic rings. The first-order valence-electron chi connectivity index (χ1n) is 6.89. The average Bonchev–Trinajstić information content (AvgIpc) is 3.06. The second kappa shape index (κ2) is 5.56. The molecule has 0 aliphatic carbocycles. The monoisotopic (exact) mass is 281 g/mol. The summed E-state index contributed by atoms with van der Waals surface area (Å²) in [5.74, 6) is -0.0454. The fourth-order valence-electron chi connectivity index (χ4n) is 2.54. The maximum atomic E-state index is 12.0. The van der Waals surface area contributed by atoms with Crippen LogP contribution >= 0.6 is 11.3 Å². The van der Waals surface area contributed by atoms with Crippen molar-refractivity contribution < 1.29 is 9.53 Å². The Morgan fingerprint density at radius 2 is 2.53 bits per heavy atom. The quantitative estimate of drug-likeness (QED) is 0.915. The molecular formula is C13H19N3O2S. The largest absolute Gasteiger partial charge is 0.368 e.